The fourth-order valence-electron chi connectivity index (χ4n) is 3.63. The maximum absolute atomic E-state index is 6.33. The minimum atomic E-state index is 0.296. The second-order valence-electron chi connectivity index (χ2n) is 8.05. The monoisotopic (exact) mass is 296 g/mol. The maximum Gasteiger partial charge on any atom is 0.0331 e. The first-order valence-corrected chi connectivity index (χ1v) is 9.45. The van der Waals surface area contributed by atoms with Crippen molar-refractivity contribution < 1.29 is 0 Å². The molecule has 1 aliphatic rings. The summed E-state index contributed by atoms with van der Waals surface area (Å²) in [6, 6.07) is 0. The molecule has 0 spiro atoms. The predicted molar refractivity (Wildman–Crippen MR) is 94.6 cm³/mol. The van der Waals surface area contributed by atoms with Gasteiger partial charge in [0.25, 0.3) is 0 Å². The molecule has 2 nitrogen and oxygen atoms in total. The largest absolute Gasteiger partial charge is 0.329 e. The zero-order valence-electron chi connectivity index (χ0n) is 15.2. The molecule has 0 radical (unpaired) electrons. The molecule has 1 rings (SSSR count). The average Bonchev–Trinajstić information content (AvgIpc) is 2.39. The first kappa shape index (κ1) is 19.0. The Bertz CT molecular complexity index is 240. The van der Waals surface area contributed by atoms with Gasteiger partial charge in [0.1, 0.15) is 0 Å². The second kappa shape index (κ2) is 9.84. The van der Waals surface area contributed by atoms with E-state index in [1.165, 1.54) is 70.9 Å². The fraction of sp³-hybridized carbons (Fsp3) is 1.00. The van der Waals surface area contributed by atoms with Crippen molar-refractivity contribution in [3.05, 3.63) is 0 Å². The van der Waals surface area contributed by atoms with Crippen LogP contribution in [0.3, 0.4) is 0 Å². The summed E-state index contributed by atoms with van der Waals surface area (Å²) in [4.78, 5) is 2.79. The number of nitrogens with two attached hydrogens (primary N) is 1. The highest BCUT2D eigenvalue weighted by Crippen LogP contribution is 2.32. The topological polar surface area (TPSA) is 29.3 Å². The average molecular weight is 297 g/mol. The van der Waals surface area contributed by atoms with E-state index >= 15 is 0 Å². The molecule has 0 aliphatic heterocycles. The fourth-order valence-corrected chi connectivity index (χ4v) is 3.63. The van der Waals surface area contributed by atoms with Gasteiger partial charge in [-0.05, 0) is 50.6 Å². The zero-order valence-corrected chi connectivity index (χ0v) is 15.2. The summed E-state index contributed by atoms with van der Waals surface area (Å²) in [6.07, 6.45) is 12.2. The molecule has 126 valence electrons. The van der Waals surface area contributed by atoms with E-state index in [9.17, 15) is 0 Å². The Morgan fingerprint density at radius 1 is 0.810 bits per heavy atom. The van der Waals surface area contributed by atoms with E-state index in [4.69, 9.17) is 5.73 Å². The Hall–Kier alpha value is -0.0800. The van der Waals surface area contributed by atoms with Gasteiger partial charge >= 0.3 is 0 Å². The SMILES string of the molecule is CC(C)CCN(CCC(C)C)C1(CN)CCCCCCC1. The third-order valence-electron chi connectivity index (χ3n) is 5.29. The van der Waals surface area contributed by atoms with Crippen LogP contribution in [0.4, 0.5) is 0 Å². The van der Waals surface area contributed by atoms with Gasteiger partial charge < -0.3 is 5.73 Å². The number of nitrogens with zero attached hydrogens (tertiary/aromatic N) is 1. The molecule has 0 heterocycles. The van der Waals surface area contributed by atoms with E-state index in [-0.39, 0.29) is 0 Å². The highest BCUT2D eigenvalue weighted by atomic mass is 15.2. The summed E-state index contributed by atoms with van der Waals surface area (Å²) in [7, 11) is 0. The summed E-state index contributed by atoms with van der Waals surface area (Å²) in [5, 5.41) is 0. The summed E-state index contributed by atoms with van der Waals surface area (Å²) in [5.41, 5.74) is 6.63. The van der Waals surface area contributed by atoms with E-state index in [1.54, 1.807) is 0 Å². The van der Waals surface area contributed by atoms with E-state index < -0.39 is 0 Å². The van der Waals surface area contributed by atoms with Crippen LogP contribution in [-0.2, 0) is 0 Å². The molecule has 1 saturated carbocycles. The van der Waals surface area contributed by atoms with Crippen molar-refractivity contribution in [2.45, 2.75) is 91.0 Å². The van der Waals surface area contributed by atoms with Gasteiger partial charge in [0.2, 0.25) is 0 Å². The zero-order chi connectivity index (χ0) is 15.7. The molecule has 2 N–H and O–H groups in total. The van der Waals surface area contributed by atoms with Crippen LogP contribution in [0.15, 0.2) is 0 Å². The molecule has 1 aliphatic carbocycles. The minimum absolute atomic E-state index is 0.296. The van der Waals surface area contributed by atoms with Crippen molar-refractivity contribution in [3.63, 3.8) is 0 Å². The van der Waals surface area contributed by atoms with E-state index in [0.29, 0.717) is 5.54 Å². The Labute approximate surface area is 133 Å². The van der Waals surface area contributed by atoms with Crippen LogP contribution in [0.2, 0.25) is 0 Å². The van der Waals surface area contributed by atoms with Crippen LogP contribution in [0, 0.1) is 11.8 Å². The molecule has 0 aromatic rings. The lowest BCUT2D eigenvalue weighted by molar-refractivity contribution is 0.0576. The summed E-state index contributed by atoms with van der Waals surface area (Å²) in [5.74, 6) is 1.57. The van der Waals surface area contributed by atoms with Gasteiger partial charge in [-0.2, -0.15) is 0 Å². The maximum atomic E-state index is 6.33. The van der Waals surface area contributed by atoms with Crippen molar-refractivity contribution in [2.24, 2.45) is 17.6 Å². The molecular formula is C19H40N2. The van der Waals surface area contributed by atoms with Crippen molar-refractivity contribution in [1.29, 1.82) is 0 Å². The third kappa shape index (κ3) is 6.69. The summed E-state index contributed by atoms with van der Waals surface area (Å²) in [6.45, 7) is 12.7. The van der Waals surface area contributed by atoms with Crippen molar-refractivity contribution in [3.8, 4) is 0 Å². The first-order valence-electron chi connectivity index (χ1n) is 9.45. The Morgan fingerprint density at radius 2 is 1.24 bits per heavy atom. The van der Waals surface area contributed by atoms with Crippen molar-refractivity contribution in [2.75, 3.05) is 19.6 Å². The first-order chi connectivity index (χ1) is 10.00. The van der Waals surface area contributed by atoms with Crippen LogP contribution in [0.5, 0.6) is 0 Å². The molecule has 0 saturated heterocycles. The molecule has 0 aromatic heterocycles. The summed E-state index contributed by atoms with van der Waals surface area (Å²) < 4.78 is 0. The molecule has 0 bridgehead atoms. The molecule has 1 fully saturated rings. The van der Waals surface area contributed by atoms with Crippen LogP contribution >= 0.6 is 0 Å². The van der Waals surface area contributed by atoms with Crippen molar-refractivity contribution >= 4 is 0 Å². The Morgan fingerprint density at radius 3 is 1.62 bits per heavy atom. The minimum Gasteiger partial charge on any atom is -0.329 e. The highest BCUT2D eigenvalue weighted by molar-refractivity contribution is 4.93. The van der Waals surface area contributed by atoms with Gasteiger partial charge in [-0.1, -0.05) is 59.8 Å². The smallest absolute Gasteiger partial charge is 0.0331 e. The van der Waals surface area contributed by atoms with Gasteiger partial charge in [-0.3, -0.25) is 4.90 Å². The third-order valence-corrected chi connectivity index (χ3v) is 5.29. The summed E-state index contributed by atoms with van der Waals surface area (Å²) >= 11 is 0. The predicted octanol–water partition coefficient (Wildman–Crippen LogP) is 4.82. The lowest BCUT2D eigenvalue weighted by Gasteiger charge is -2.45. The van der Waals surface area contributed by atoms with Crippen LogP contribution < -0.4 is 5.73 Å². The van der Waals surface area contributed by atoms with Gasteiger partial charge in [0.15, 0.2) is 0 Å². The standard InChI is InChI=1S/C19H40N2/c1-17(2)10-14-21(15-11-18(3)4)19(16-20)12-8-6-5-7-9-13-19/h17-18H,5-16,20H2,1-4H3. The van der Waals surface area contributed by atoms with Crippen molar-refractivity contribution in [1.82, 2.24) is 4.90 Å². The van der Waals surface area contributed by atoms with E-state index in [2.05, 4.69) is 32.6 Å². The molecule has 0 amide bonds. The highest BCUT2D eigenvalue weighted by Gasteiger charge is 2.34. The molecule has 0 atom stereocenters. The van der Waals surface area contributed by atoms with Crippen LogP contribution in [-0.4, -0.2) is 30.1 Å². The van der Waals surface area contributed by atoms with Gasteiger partial charge in [0.05, 0.1) is 0 Å². The molecule has 21 heavy (non-hydrogen) atoms. The van der Waals surface area contributed by atoms with Gasteiger partial charge in [-0.15, -0.1) is 0 Å². The number of hydrogen-bond acceptors (Lipinski definition) is 2. The Balaban J connectivity index is 2.76. The second-order valence-corrected chi connectivity index (χ2v) is 8.05. The Kier molecular flexibility index (Phi) is 8.89. The number of hydrogen-bond donors (Lipinski definition) is 1. The molecule has 0 unspecified atom stereocenters. The molecule has 0 aromatic carbocycles. The van der Waals surface area contributed by atoms with E-state index in [0.717, 1.165) is 18.4 Å². The van der Waals surface area contributed by atoms with E-state index in [1.807, 2.05) is 0 Å². The van der Waals surface area contributed by atoms with Crippen LogP contribution in [0.1, 0.15) is 85.5 Å². The molecule has 2 heteroatoms. The normalized spacial score (nSPS) is 20.0. The van der Waals surface area contributed by atoms with Gasteiger partial charge in [-0.25, -0.2) is 0 Å². The quantitative estimate of drug-likeness (QED) is 0.695. The van der Waals surface area contributed by atoms with Gasteiger partial charge in [0, 0.05) is 12.1 Å². The van der Waals surface area contributed by atoms with Crippen LogP contribution in [0.25, 0.3) is 0 Å². The lowest BCUT2D eigenvalue weighted by Crippen LogP contribution is -2.55. The molecular weight excluding hydrogens is 256 g/mol. The number of rotatable bonds is 8. The lowest BCUT2D eigenvalue weighted by atomic mass is 9.81.